The first-order valence-electron chi connectivity index (χ1n) is 7.11. The summed E-state index contributed by atoms with van der Waals surface area (Å²) in [4.78, 5) is 0. The average molecular weight is 324 g/mol. The summed E-state index contributed by atoms with van der Waals surface area (Å²) >= 11 is 6.68. The number of halogens is 1. The van der Waals surface area contributed by atoms with Gasteiger partial charge in [-0.25, -0.2) is 0 Å². The Labute approximate surface area is 132 Å². The molecule has 0 saturated carbocycles. The van der Waals surface area contributed by atoms with Crippen LogP contribution in [-0.2, 0) is 0 Å². The molecule has 0 amide bonds. The van der Waals surface area contributed by atoms with Gasteiger partial charge in [0, 0.05) is 0 Å². The van der Waals surface area contributed by atoms with Crippen LogP contribution in [0.25, 0.3) is 0 Å². The lowest BCUT2D eigenvalue weighted by Crippen LogP contribution is -2.07. The normalized spacial score (nSPS) is 11.2. The minimum Gasteiger partial charge on any atom is -0.291 e. The molecular formula is C17H21ClO2P+. The summed E-state index contributed by atoms with van der Waals surface area (Å²) in [5, 5.41) is 0. The van der Waals surface area contributed by atoms with Crippen LogP contribution in [0.2, 0.25) is 0 Å². The van der Waals surface area contributed by atoms with Crippen molar-refractivity contribution >= 4 is 18.3 Å². The fraction of sp³-hybridized carbons (Fsp3) is 0.294. The van der Waals surface area contributed by atoms with Gasteiger partial charge in [0.25, 0.3) is 0 Å². The minimum absolute atomic E-state index is 0.705. The van der Waals surface area contributed by atoms with E-state index in [1.54, 1.807) is 0 Å². The van der Waals surface area contributed by atoms with Crippen LogP contribution in [0.3, 0.4) is 0 Å². The molecule has 0 fully saturated rings. The van der Waals surface area contributed by atoms with E-state index in [0.717, 1.165) is 29.0 Å². The molecule has 2 aromatic carbocycles. The standard InChI is InChI=1S/C17H21ClO2P/c1-4-11-21(18,19-16-9-5-7-14(2)12-16)20-17-10-6-8-15(3)13-17/h5-10,12-13H,4,11H2,1-3H3/q+1. The first-order valence-corrected chi connectivity index (χ1v) is 9.82. The summed E-state index contributed by atoms with van der Waals surface area (Å²) in [6.45, 7) is 6.14. The molecule has 2 nitrogen and oxygen atoms in total. The number of benzene rings is 2. The van der Waals surface area contributed by atoms with Crippen LogP contribution in [0.5, 0.6) is 11.5 Å². The Morgan fingerprint density at radius 2 is 1.38 bits per heavy atom. The second-order valence-electron chi connectivity index (χ2n) is 5.13. The molecule has 0 spiro atoms. The van der Waals surface area contributed by atoms with Crippen molar-refractivity contribution in [1.82, 2.24) is 0 Å². The van der Waals surface area contributed by atoms with Gasteiger partial charge in [-0.05, 0) is 55.7 Å². The van der Waals surface area contributed by atoms with Crippen LogP contribution in [0.15, 0.2) is 48.5 Å². The van der Waals surface area contributed by atoms with Gasteiger partial charge in [0.15, 0.2) is 22.7 Å². The highest BCUT2D eigenvalue weighted by molar-refractivity contribution is 7.92. The smallest absolute Gasteiger partial charge is 0.291 e. The molecule has 0 unspecified atom stereocenters. The third-order valence-corrected chi connectivity index (χ3v) is 5.82. The van der Waals surface area contributed by atoms with Crippen LogP contribution in [0.4, 0.5) is 0 Å². The second-order valence-corrected chi connectivity index (χ2v) is 8.67. The van der Waals surface area contributed by atoms with E-state index in [2.05, 4.69) is 6.92 Å². The molecular weight excluding hydrogens is 303 g/mol. The molecule has 0 aliphatic rings. The monoisotopic (exact) mass is 323 g/mol. The predicted molar refractivity (Wildman–Crippen MR) is 91.5 cm³/mol. The summed E-state index contributed by atoms with van der Waals surface area (Å²) in [7, 11) is -2.48. The maximum absolute atomic E-state index is 6.68. The van der Waals surface area contributed by atoms with E-state index < -0.39 is 7.07 Å². The second kappa shape index (κ2) is 7.15. The lowest BCUT2D eigenvalue weighted by molar-refractivity contribution is 0.479. The van der Waals surface area contributed by atoms with Crippen molar-refractivity contribution in [2.45, 2.75) is 27.2 Å². The molecule has 0 N–H and O–H groups in total. The van der Waals surface area contributed by atoms with Gasteiger partial charge < -0.3 is 0 Å². The van der Waals surface area contributed by atoms with E-state index in [0.29, 0.717) is 6.16 Å². The Morgan fingerprint density at radius 1 is 0.905 bits per heavy atom. The Morgan fingerprint density at radius 3 is 1.76 bits per heavy atom. The molecule has 0 heterocycles. The number of aryl methyl sites for hydroxylation is 2. The summed E-state index contributed by atoms with van der Waals surface area (Å²) in [5.74, 6) is 1.53. The molecule has 0 atom stereocenters. The summed E-state index contributed by atoms with van der Waals surface area (Å²) < 4.78 is 12.0. The molecule has 21 heavy (non-hydrogen) atoms. The maximum atomic E-state index is 6.68. The van der Waals surface area contributed by atoms with Gasteiger partial charge in [-0.2, -0.15) is 0 Å². The van der Waals surface area contributed by atoms with E-state index in [9.17, 15) is 0 Å². The zero-order valence-electron chi connectivity index (χ0n) is 12.7. The van der Waals surface area contributed by atoms with Gasteiger partial charge in [-0.1, -0.05) is 31.2 Å². The average Bonchev–Trinajstić information content (AvgIpc) is 2.38. The molecule has 0 radical (unpaired) electrons. The van der Waals surface area contributed by atoms with Gasteiger partial charge in [0.1, 0.15) is 6.16 Å². The molecule has 0 aromatic heterocycles. The first kappa shape index (κ1) is 16.1. The zero-order valence-corrected chi connectivity index (χ0v) is 14.3. The van der Waals surface area contributed by atoms with Crippen molar-refractivity contribution in [2.75, 3.05) is 6.16 Å². The fourth-order valence-corrected chi connectivity index (χ4v) is 4.63. The molecule has 4 heteroatoms. The van der Waals surface area contributed by atoms with Gasteiger partial charge in [-0.15, -0.1) is 0 Å². The highest BCUT2D eigenvalue weighted by Crippen LogP contribution is 2.65. The molecule has 112 valence electrons. The van der Waals surface area contributed by atoms with Crippen LogP contribution >= 0.6 is 18.3 Å². The van der Waals surface area contributed by atoms with Gasteiger partial charge >= 0.3 is 7.07 Å². The zero-order chi connectivity index (χ0) is 15.3. The van der Waals surface area contributed by atoms with Crippen molar-refractivity contribution in [2.24, 2.45) is 0 Å². The Bertz CT molecular complexity index is 553. The third kappa shape index (κ3) is 4.91. The third-order valence-electron chi connectivity index (χ3n) is 2.95. The lowest BCUT2D eigenvalue weighted by atomic mass is 10.2. The van der Waals surface area contributed by atoms with E-state index in [1.807, 2.05) is 62.4 Å². The van der Waals surface area contributed by atoms with E-state index in [4.69, 9.17) is 20.3 Å². The number of hydrogen-bond donors (Lipinski definition) is 0. The minimum atomic E-state index is -2.48. The quantitative estimate of drug-likeness (QED) is 0.591. The first-order chi connectivity index (χ1) is 10.0. The molecule has 2 aromatic rings. The fourth-order valence-electron chi connectivity index (χ4n) is 2.04. The SMILES string of the molecule is CCC[P+](Cl)(Oc1cccc(C)c1)Oc1cccc(C)c1. The Kier molecular flexibility index (Phi) is 5.50. The van der Waals surface area contributed by atoms with Crippen LogP contribution in [0, 0.1) is 13.8 Å². The van der Waals surface area contributed by atoms with Crippen molar-refractivity contribution in [3.05, 3.63) is 59.7 Å². The topological polar surface area (TPSA) is 18.5 Å². The summed E-state index contributed by atoms with van der Waals surface area (Å²) in [5.41, 5.74) is 2.28. The lowest BCUT2D eigenvalue weighted by Gasteiger charge is -2.17. The molecule has 0 saturated heterocycles. The molecule has 2 rings (SSSR count). The predicted octanol–water partition coefficient (Wildman–Crippen LogP) is 6.17. The van der Waals surface area contributed by atoms with E-state index >= 15 is 0 Å². The van der Waals surface area contributed by atoms with Crippen molar-refractivity contribution < 1.29 is 9.05 Å². The Balaban J connectivity index is 2.19. The molecule has 0 aliphatic carbocycles. The highest BCUT2D eigenvalue weighted by Gasteiger charge is 2.43. The maximum Gasteiger partial charge on any atom is 0.459 e. The van der Waals surface area contributed by atoms with Crippen molar-refractivity contribution in [3.8, 4) is 11.5 Å². The van der Waals surface area contributed by atoms with E-state index in [1.165, 1.54) is 0 Å². The van der Waals surface area contributed by atoms with Crippen molar-refractivity contribution in [1.29, 1.82) is 0 Å². The van der Waals surface area contributed by atoms with Crippen LogP contribution < -0.4 is 9.05 Å². The molecule has 0 bridgehead atoms. The van der Waals surface area contributed by atoms with Gasteiger partial charge in [0.2, 0.25) is 0 Å². The van der Waals surface area contributed by atoms with Crippen LogP contribution in [0.1, 0.15) is 24.5 Å². The number of rotatable bonds is 6. The Hall–Kier alpha value is -1.24. The van der Waals surface area contributed by atoms with Gasteiger partial charge in [-0.3, -0.25) is 9.05 Å². The summed E-state index contributed by atoms with van der Waals surface area (Å²) in [6, 6.07) is 15.8. The summed E-state index contributed by atoms with van der Waals surface area (Å²) in [6.07, 6.45) is 1.62. The van der Waals surface area contributed by atoms with Gasteiger partial charge in [0.05, 0.1) is 0 Å². The molecule has 0 aliphatic heterocycles. The largest absolute Gasteiger partial charge is 0.459 e. The highest BCUT2D eigenvalue weighted by atomic mass is 35.7. The van der Waals surface area contributed by atoms with E-state index in [-0.39, 0.29) is 0 Å². The number of hydrogen-bond acceptors (Lipinski definition) is 2. The van der Waals surface area contributed by atoms with Crippen LogP contribution in [-0.4, -0.2) is 6.16 Å². The van der Waals surface area contributed by atoms with Crippen molar-refractivity contribution in [3.63, 3.8) is 0 Å².